The van der Waals surface area contributed by atoms with E-state index < -0.39 is 41.2 Å². The summed E-state index contributed by atoms with van der Waals surface area (Å²) in [5, 5.41) is 29.6. The van der Waals surface area contributed by atoms with Crippen molar-refractivity contribution in [3.63, 3.8) is 0 Å². The Labute approximate surface area is 268 Å². The molecule has 3 N–H and O–H groups in total. The Bertz CT molecular complexity index is 1450. The molecule has 7 heteroatoms. The van der Waals surface area contributed by atoms with Crippen LogP contribution in [0, 0.1) is 5.41 Å². The molecule has 45 heavy (non-hydrogen) atoms. The van der Waals surface area contributed by atoms with E-state index in [9.17, 15) is 24.9 Å². The third-order valence-corrected chi connectivity index (χ3v) is 7.46. The predicted octanol–water partition coefficient (Wildman–Crippen LogP) is 7.89. The van der Waals surface area contributed by atoms with Crippen LogP contribution >= 0.6 is 0 Å². The van der Waals surface area contributed by atoms with Crippen LogP contribution in [-0.2, 0) is 19.1 Å². The lowest BCUT2D eigenvalue weighted by atomic mass is 9.71. The fraction of sp³-hybridized carbons (Fsp3) is 0.368. The number of aliphatic hydroxyl groups is 3. The zero-order chi connectivity index (χ0) is 33.7. The highest BCUT2D eigenvalue weighted by Crippen LogP contribution is 2.41. The van der Waals surface area contributed by atoms with Crippen molar-refractivity contribution in [3.05, 3.63) is 130 Å². The van der Waals surface area contributed by atoms with Crippen LogP contribution in [0.1, 0.15) is 61.8 Å². The summed E-state index contributed by atoms with van der Waals surface area (Å²) < 4.78 is 10.5. The average molecular weight is 617 g/mol. The molecule has 0 fully saturated rings. The van der Waals surface area contributed by atoms with Gasteiger partial charge in [-0.1, -0.05) is 121 Å². The van der Waals surface area contributed by atoms with Crippen molar-refractivity contribution in [2.75, 3.05) is 6.61 Å². The van der Waals surface area contributed by atoms with Crippen LogP contribution in [0.5, 0.6) is 0 Å². The molecular weight excluding hydrogens is 568 g/mol. The topological polar surface area (TPSA) is 113 Å². The van der Waals surface area contributed by atoms with Gasteiger partial charge in [-0.15, -0.1) is 0 Å². The summed E-state index contributed by atoms with van der Waals surface area (Å²) in [5.41, 5.74) is 5.58. The van der Waals surface area contributed by atoms with Gasteiger partial charge in [0.2, 0.25) is 5.76 Å². The number of aliphatic hydroxyl groups excluding tert-OH is 3. The third-order valence-electron chi connectivity index (χ3n) is 7.46. The highest BCUT2D eigenvalue weighted by molar-refractivity contribution is 6.00. The zero-order valence-electron chi connectivity index (χ0n) is 27.7. The first-order valence-electron chi connectivity index (χ1n) is 15.1. The van der Waals surface area contributed by atoms with Gasteiger partial charge in [0.05, 0.1) is 6.61 Å². The number of hydrogen-bond donors (Lipinski definition) is 3. The fourth-order valence-corrected chi connectivity index (χ4v) is 4.88. The molecule has 3 atom stereocenters. The molecule has 1 heterocycles. The molecule has 1 aliphatic heterocycles. The number of cyclic esters (lactones) is 1. The number of ether oxygens (including phenoxy) is 2. The summed E-state index contributed by atoms with van der Waals surface area (Å²) in [5.74, 6) is -3.00. The van der Waals surface area contributed by atoms with Gasteiger partial charge in [-0.3, -0.25) is 4.79 Å². The molecule has 0 radical (unpaired) electrons. The summed E-state index contributed by atoms with van der Waals surface area (Å²) >= 11 is 0. The van der Waals surface area contributed by atoms with E-state index in [-0.39, 0.29) is 12.4 Å². The molecule has 0 saturated heterocycles. The number of allylic oxidation sites excluding steroid dienone is 19. The number of hydrogen-bond acceptors (Lipinski definition) is 7. The molecule has 0 bridgehead atoms. The van der Waals surface area contributed by atoms with Crippen LogP contribution in [0.2, 0.25) is 0 Å². The molecular formula is C38H48O7. The molecule has 0 aromatic heterocycles. The molecule has 0 aromatic rings. The minimum atomic E-state index is -1.44. The lowest BCUT2D eigenvalue weighted by Gasteiger charge is -2.37. The summed E-state index contributed by atoms with van der Waals surface area (Å²) in [6, 6.07) is 0. The van der Waals surface area contributed by atoms with Gasteiger partial charge >= 0.3 is 5.97 Å². The van der Waals surface area contributed by atoms with E-state index in [1.165, 1.54) is 5.57 Å². The van der Waals surface area contributed by atoms with E-state index in [1.54, 1.807) is 6.92 Å². The van der Waals surface area contributed by atoms with Crippen molar-refractivity contribution in [2.24, 2.45) is 5.41 Å². The molecule has 0 saturated carbocycles. The fourth-order valence-electron chi connectivity index (χ4n) is 4.88. The third kappa shape index (κ3) is 11.3. The van der Waals surface area contributed by atoms with Crippen LogP contribution in [0.15, 0.2) is 130 Å². The van der Waals surface area contributed by atoms with E-state index in [0.717, 1.165) is 22.3 Å². The van der Waals surface area contributed by atoms with Gasteiger partial charge < -0.3 is 24.8 Å². The predicted molar refractivity (Wildman–Crippen MR) is 180 cm³/mol. The van der Waals surface area contributed by atoms with E-state index in [4.69, 9.17) is 9.47 Å². The Morgan fingerprint density at radius 2 is 1.40 bits per heavy atom. The molecule has 0 spiro atoms. The smallest absolute Gasteiger partial charge is 0.377 e. The number of carbonyl (C=O) groups is 2. The Balaban J connectivity index is 1.98. The molecule has 1 aliphatic carbocycles. The van der Waals surface area contributed by atoms with Crippen LogP contribution in [0.4, 0.5) is 0 Å². The van der Waals surface area contributed by atoms with Gasteiger partial charge in [0.1, 0.15) is 12.2 Å². The molecule has 2 rings (SSSR count). The molecule has 0 amide bonds. The van der Waals surface area contributed by atoms with Crippen molar-refractivity contribution < 1.29 is 34.4 Å². The number of esters is 1. The summed E-state index contributed by atoms with van der Waals surface area (Å²) in [7, 11) is 0. The second-order valence-electron chi connectivity index (χ2n) is 12.0. The number of Topliss-reactive ketones (excluding diaryl/α,β-unsaturated/α-hetero) is 1. The maximum atomic E-state index is 13.1. The maximum absolute atomic E-state index is 13.1. The van der Waals surface area contributed by atoms with Crippen molar-refractivity contribution >= 4 is 11.8 Å². The molecule has 0 aromatic carbocycles. The van der Waals surface area contributed by atoms with Crippen LogP contribution in [0.3, 0.4) is 0 Å². The first-order chi connectivity index (χ1) is 21.2. The van der Waals surface area contributed by atoms with Gasteiger partial charge in [0.25, 0.3) is 0 Å². The SMILES string of the molecule is C/C=C/C(C)=C/C=C/C(C)=C/C=C/C=C(C)/C=C/C=C(C)/C=C/C1=C(C)C(=O)C(OCC(O)C2OC(=O)C(O)=C2O)CC1(C)C. The maximum Gasteiger partial charge on any atom is 0.377 e. The molecule has 3 unspecified atom stereocenters. The van der Waals surface area contributed by atoms with Crippen LogP contribution in [0.25, 0.3) is 0 Å². The Hall–Kier alpha value is -4.20. The molecule has 7 nitrogen and oxygen atoms in total. The second kappa shape index (κ2) is 17.3. The van der Waals surface area contributed by atoms with Gasteiger partial charge in [-0.05, 0) is 64.5 Å². The minimum absolute atomic E-state index is 0.194. The van der Waals surface area contributed by atoms with E-state index in [1.807, 2.05) is 95.4 Å². The second-order valence-corrected chi connectivity index (χ2v) is 12.0. The summed E-state index contributed by atoms with van der Waals surface area (Å²) in [4.78, 5) is 24.5. The van der Waals surface area contributed by atoms with Gasteiger partial charge in [0.15, 0.2) is 17.6 Å². The van der Waals surface area contributed by atoms with E-state index in [0.29, 0.717) is 12.0 Å². The van der Waals surface area contributed by atoms with Gasteiger partial charge in [-0.2, -0.15) is 0 Å². The van der Waals surface area contributed by atoms with Crippen molar-refractivity contribution in [1.82, 2.24) is 0 Å². The molecule has 242 valence electrons. The number of carbonyl (C=O) groups excluding carboxylic acids is 2. The number of ketones is 1. The normalized spacial score (nSPS) is 23.3. The summed E-state index contributed by atoms with van der Waals surface area (Å²) in [6.45, 7) is 15.6. The summed E-state index contributed by atoms with van der Waals surface area (Å²) in [6.07, 6.45) is 25.1. The first-order valence-corrected chi connectivity index (χ1v) is 15.1. The first kappa shape index (κ1) is 37.0. The molecule has 2 aliphatic rings. The Kier molecular flexibility index (Phi) is 14.2. The van der Waals surface area contributed by atoms with E-state index in [2.05, 4.69) is 38.2 Å². The lowest BCUT2D eigenvalue weighted by Crippen LogP contribution is -2.41. The van der Waals surface area contributed by atoms with Gasteiger partial charge in [0, 0.05) is 0 Å². The quantitative estimate of drug-likeness (QED) is 0.142. The van der Waals surface area contributed by atoms with Crippen LogP contribution < -0.4 is 0 Å². The zero-order valence-corrected chi connectivity index (χ0v) is 27.7. The van der Waals surface area contributed by atoms with Crippen molar-refractivity contribution in [3.8, 4) is 0 Å². The highest BCUT2D eigenvalue weighted by atomic mass is 16.6. The monoisotopic (exact) mass is 616 g/mol. The van der Waals surface area contributed by atoms with Crippen molar-refractivity contribution in [2.45, 2.75) is 80.1 Å². The van der Waals surface area contributed by atoms with Gasteiger partial charge in [-0.25, -0.2) is 4.79 Å². The number of rotatable bonds is 13. The lowest BCUT2D eigenvalue weighted by molar-refractivity contribution is -0.151. The van der Waals surface area contributed by atoms with Crippen molar-refractivity contribution in [1.29, 1.82) is 0 Å². The average Bonchev–Trinajstić information content (AvgIpc) is 3.23. The van der Waals surface area contributed by atoms with Crippen LogP contribution in [-0.4, -0.2) is 52.0 Å². The Morgan fingerprint density at radius 3 is 1.91 bits per heavy atom. The minimum Gasteiger partial charge on any atom is -0.505 e. The highest BCUT2D eigenvalue weighted by Gasteiger charge is 2.42. The van der Waals surface area contributed by atoms with E-state index >= 15 is 0 Å². The largest absolute Gasteiger partial charge is 0.505 e. The standard InChI is InChI=1S/C38H48O7/c1-9-14-25(2)17-12-18-26(3)15-10-11-16-27(4)19-13-20-28(5)21-22-30-29(6)33(40)32(23-38(30,7)8)44-24-31(39)36-34(41)35(42)37(43)45-36/h9-22,31-32,36,39,41-42H,23-24H2,1-8H3/b11-10+,14-9+,18-12+,19-13+,22-21+,25-17+,26-15+,27-16+,28-20+. The Morgan fingerprint density at radius 1 is 0.889 bits per heavy atom.